The van der Waals surface area contributed by atoms with Crippen LogP contribution < -0.4 is 19.7 Å². The van der Waals surface area contributed by atoms with E-state index in [1.54, 1.807) is 14.2 Å². The highest BCUT2D eigenvalue weighted by molar-refractivity contribution is 5.96. The van der Waals surface area contributed by atoms with Gasteiger partial charge in [0.2, 0.25) is 5.91 Å². The van der Waals surface area contributed by atoms with Crippen LogP contribution in [0.1, 0.15) is 23.5 Å². The number of anilines is 2. The van der Waals surface area contributed by atoms with E-state index in [-0.39, 0.29) is 11.8 Å². The fraction of sp³-hybridized carbons (Fsp3) is 0.316. The van der Waals surface area contributed by atoms with E-state index >= 15 is 0 Å². The van der Waals surface area contributed by atoms with Crippen molar-refractivity contribution >= 4 is 17.3 Å². The molecule has 0 aromatic heterocycles. The van der Waals surface area contributed by atoms with Crippen LogP contribution in [0.25, 0.3) is 0 Å². The molecule has 2 aromatic rings. The lowest BCUT2D eigenvalue weighted by Gasteiger charge is -2.28. The van der Waals surface area contributed by atoms with Crippen molar-refractivity contribution in [3.63, 3.8) is 0 Å². The number of nitrogens with one attached hydrogen (secondary N) is 1. The van der Waals surface area contributed by atoms with Gasteiger partial charge in [-0.05, 0) is 17.7 Å². The third kappa shape index (κ3) is 2.89. The molecule has 1 aliphatic rings. The van der Waals surface area contributed by atoms with E-state index < -0.39 is 0 Å². The largest absolute Gasteiger partial charge is 0.497 e. The average molecular weight is 326 g/mol. The first kappa shape index (κ1) is 16.2. The van der Waals surface area contributed by atoms with Crippen LogP contribution in [-0.4, -0.2) is 34.2 Å². The van der Waals surface area contributed by atoms with Gasteiger partial charge in [0.1, 0.15) is 11.5 Å². The van der Waals surface area contributed by atoms with Crippen LogP contribution in [0.5, 0.6) is 11.5 Å². The zero-order valence-electron chi connectivity index (χ0n) is 14.4. The monoisotopic (exact) mass is 326 g/mol. The molecule has 24 heavy (non-hydrogen) atoms. The first-order valence-electron chi connectivity index (χ1n) is 7.86. The van der Waals surface area contributed by atoms with E-state index in [1.807, 2.05) is 26.2 Å². The van der Waals surface area contributed by atoms with E-state index in [1.165, 1.54) is 0 Å². The molecular formula is C19H22N2O3. The van der Waals surface area contributed by atoms with Crippen molar-refractivity contribution in [3.8, 4) is 11.5 Å². The van der Waals surface area contributed by atoms with E-state index in [2.05, 4.69) is 34.5 Å². The second kappa shape index (κ2) is 6.43. The van der Waals surface area contributed by atoms with Crippen LogP contribution in [0, 0.1) is 0 Å². The Balaban J connectivity index is 2.09. The average Bonchev–Trinajstić information content (AvgIpc) is 2.59. The number of rotatable bonds is 4. The summed E-state index contributed by atoms with van der Waals surface area (Å²) in [4.78, 5) is 14.2. The van der Waals surface area contributed by atoms with Gasteiger partial charge in [-0.1, -0.05) is 12.1 Å². The number of carbonyl (C=O) groups is 1. The first-order chi connectivity index (χ1) is 11.5. The Morgan fingerprint density at radius 3 is 2.38 bits per heavy atom. The Bertz CT molecular complexity index is 754. The van der Waals surface area contributed by atoms with Crippen LogP contribution in [-0.2, 0) is 4.79 Å². The lowest BCUT2D eigenvalue weighted by Crippen LogP contribution is -2.24. The molecule has 0 aliphatic carbocycles. The summed E-state index contributed by atoms with van der Waals surface area (Å²) in [6.45, 7) is 0. The maximum Gasteiger partial charge on any atom is 0.225 e. The number of benzene rings is 2. The minimum atomic E-state index is -0.0363. The Morgan fingerprint density at radius 2 is 1.79 bits per heavy atom. The van der Waals surface area contributed by atoms with Gasteiger partial charge in [0.15, 0.2) is 0 Å². The zero-order chi connectivity index (χ0) is 17.3. The summed E-state index contributed by atoms with van der Waals surface area (Å²) in [6.07, 6.45) is 0.400. The van der Waals surface area contributed by atoms with Gasteiger partial charge in [-0.25, -0.2) is 0 Å². The molecule has 1 atom stereocenters. The summed E-state index contributed by atoms with van der Waals surface area (Å²) in [5, 5.41) is 2.93. The predicted octanol–water partition coefficient (Wildman–Crippen LogP) is 3.24. The van der Waals surface area contributed by atoms with E-state index in [0.29, 0.717) is 12.2 Å². The zero-order valence-corrected chi connectivity index (χ0v) is 14.4. The number of hydrogen-bond acceptors (Lipinski definition) is 4. The lowest BCUT2D eigenvalue weighted by atomic mass is 9.84. The molecule has 1 N–H and O–H groups in total. The van der Waals surface area contributed by atoms with Crippen molar-refractivity contribution in [2.24, 2.45) is 0 Å². The molecule has 0 radical (unpaired) electrons. The number of hydrogen-bond donors (Lipinski definition) is 1. The molecule has 0 saturated carbocycles. The molecule has 0 bridgehead atoms. The fourth-order valence-corrected chi connectivity index (χ4v) is 3.13. The number of methoxy groups -OCH3 is 2. The first-order valence-corrected chi connectivity index (χ1v) is 7.86. The highest BCUT2D eigenvalue weighted by Crippen LogP contribution is 2.44. The number of amides is 1. The van der Waals surface area contributed by atoms with Gasteiger partial charge in [0.25, 0.3) is 0 Å². The second-order valence-electron chi connectivity index (χ2n) is 6.08. The van der Waals surface area contributed by atoms with Crippen LogP contribution in [0.2, 0.25) is 0 Å². The Morgan fingerprint density at radius 1 is 1.08 bits per heavy atom. The molecule has 2 aromatic carbocycles. The smallest absolute Gasteiger partial charge is 0.225 e. The van der Waals surface area contributed by atoms with Crippen molar-refractivity contribution in [2.75, 3.05) is 38.5 Å². The van der Waals surface area contributed by atoms with Gasteiger partial charge in [-0.2, -0.15) is 0 Å². The van der Waals surface area contributed by atoms with Crippen LogP contribution in [0.15, 0.2) is 36.4 Å². The standard InChI is InChI=1S/C19H22N2O3/c1-21(2)13-7-5-12(6-8-13)15-11-18(22)20-16-9-14(23-3)10-17(24-4)19(15)16/h5-10,15H,11H2,1-4H3,(H,20,22)/t15-/m1/s1. The summed E-state index contributed by atoms with van der Waals surface area (Å²) in [6, 6.07) is 12.0. The molecular weight excluding hydrogens is 304 g/mol. The molecule has 3 rings (SSSR count). The fourth-order valence-electron chi connectivity index (χ4n) is 3.13. The third-order valence-electron chi connectivity index (χ3n) is 4.40. The third-order valence-corrected chi connectivity index (χ3v) is 4.40. The van der Waals surface area contributed by atoms with E-state index in [4.69, 9.17) is 9.47 Å². The Hall–Kier alpha value is -2.69. The Kier molecular flexibility index (Phi) is 4.34. The van der Waals surface area contributed by atoms with Crippen molar-refractivity contribution < 1.29 is 14.3 Å². The van der Waals surface area contributed by atoms with Crippen molar-refractivity contribution in [2.45, 2.75) is 12.3 Å². The molecule has 0 saturated heterocycles. The predicted molar refractivity (Wildman–Crippen MR) is 95.4 cm³/mol. The Labute approximate surface area is 142 Å². The van der Waals surface area contributed by atoms with Gasteiger partial charge in [-0.3, -0.25) is 4.79 Å². The molecule has 5 nitrogen and oxygen atoms in total. The molecule has 1 aliphatic heterocycles. The second-order valence-corrected chi connectivity index (χ2v) is 6.08. The van der Waals surface area contributed by atoms with E-state index in [0.717, 1.165) is 28.3 Å². The van der Waals surface area contributed by atoms with Crippen LogP contribution in [0.3, 0.4) is 0 Å². The number of carbonyl (C=O) groups excluding carboxylic acids is 1. The number of ether oxygens (including phenoxy) is 2. The van der Waals surface area contributed by atoms with Gasteiger partial charge >= 0.3 is 0 Å². The lowest BCUT2D eigenvalue weighted by molar-refractivity contribution is -0.116. The van der Waals surface area contributed by atoms with Crippen LogP contribution in [0.4, 0.5) is 11.4 Å². The van der Waals surface area contributed by atoms with Crippen LogP contribution >= 0.6 is 0 Å². The summed E-state index contributed by atoms with van der Waals surface area (Å²) < 4.78 is 10.9. The number of nitrogens with zero attached hydrogens (tertiary/aromatic N) is 1. The van der Waals surface area contributed by atoms with Gasteiger partial charge in [-0.15, -0.1) is 0 Å². The van der Waals surface area contributed by atoms with Gasteiger partial charge < -0.3 is 19.7 Å². The normalized spacial score (nSPS) is 16.2. The molecule has 5 heteroatoms. The maximum atomic E-state index is 12.2. The molecule has 0 unspecified atom stereocenters. The minimum Gasteiger partial charge on any atom is -0.497 e. The van der Waals surface area contributed by atoms with E-state index in [9.17, 15) is 4.79 Å². The molecule has 0 fully saturated rings. The minimum absolute atomic E-state index is 0.000470. The van der Waals surface area contributed by atoms with Crippen molar-refractivity contribution in [3.05, 3.63) is 47.5 Å². The highest BCUT2D eigenvalue weighted by Gasteiger charge is 2.30. The summed E-state index contributed by atoms with van der Waals surface area (Å²) in [7, 11) is 7.25. The molecule has 126 valence electrons. The topological polar surface area (TPSA) is 50.8 Å². The van der Waals surface area contributed by atoms with Crippen molar-refractivity contribution in [1.29, 1.82) is 0 Å². The molecule has 1 amide bonds. The quantitative estimate of drug-likeness (QED) is 0.937. The molecule has 1 heterocycles. The SMILES string of the molecule is COc1cc2c(c(OC)c1)[C@@H](c1ccc(N(C)C)cc1)CC(=O)N2. The number of fused-ring (bicyclic) bond motifs is 1. The van der Waals surface area contributed by atoms with Gasteiger partial charge in [0.05, 0.1) is 19.9 Å². The van der Waals surface area contributed by atoms with Crippen molar-refractivity contribution in [1.82, 2.24) is 0 Å². The van der Waals surface area contributed by atoms with Gasteiger partial charge in [0, 0.05) is 49.8 Å². The molecule has 0 spiro atoms. The highest BCUT2D eigenvalue weighted by atomic mass is 16.5. The summed E-state index contributed by atoms with van der Waals surface area (Å²) >= 11 is 0. The maximum absolute atomic E-state index is 12.2. The summed E-state index contributed by atoms with van der Waals surface area (Å²) in [5.41, 5.74) is 3.97. The summed E-state index contributed by atoms with van der Waals surface area (Å²) in [5.74, 6) is 1.35.